The zero-order chi connectivity index (χ0) is 20.3. The van der Waals surface area contributed by atoms with Crippen molar-refractivity contribution in [2.24, 2.45) is 23.7 Å². The van der Waals surface area contributed by atoms with Crippen molar-refractivity contribution in [1.82, 2.24) is 0 Å². The van der Waals surface area contributed by atoms with Gasteiger partial charge in [-0.25, -0.2) is 0 Å². The minimum absolute atomic E-state index is 0. The number of halogens is 2. The van der Waals surface area contributed by atoms with Crippen LogP contribution in [0.3, 0.4) is 0 Å². The van der Waals surface area contributed by atoms with E-state index < -0.39 is 26.8 Å². The zero-order valence-electron chi connectivity index (χ0n) is 20.3. The molecule has 167 valence electrons. The summed E-state index contributed by atoms with van der Waals surface area (Å²) in [5.41, 5.74) is 11.0. The Morgan fingerprint density at radius 3 is 1.33 bits per heavy atom. The summed E-state index contributed by atoms with van der Waals surface area (Å²) in [5.74, 6) is 2.61. The van der Waals surface area contributed by atoms with E-state index in [1.165, 1.54) is 25.7 Å². The smallest absolute Gasteiger partial charge is 1.00 e. The Kier molecular flexibility index (Phi) is 9.21. The summed E-state index contributed by atoms with van der Waals surface area (Å²) in [5, 5.41) is 0. The first-order valence-electron chi connectivity index (χ1n) is 11.9. The number of hydrogen-bond donors (Lipinski definition) is 0. The molecule has 0 bridgehead atoms. The standard InChI is InChI=1S/2C12H17.C2H7Si.2ClH.Zr/c2*1-8-6-11-9(2)4-5-10(3)12(11)7-8;1-3-2;;;/h2*6-7,9-10H,4-5H2,1-3H3;3H,1-2H3;2*1H;/q;;;;;+2/p-2. The summed E-state index contributed by atoms with van der Waals surface area (Å²) in [4.78, 5) is 0. The van der Waals surface area contributed by atoms with Crippen LogP contribution in [0.25, 0.3) is 0 Å². The average molecular weight is 544 g/mol. The largest absolute Gasteiger partial charge is 1.00 e. The molecule has 0 saturated heterocycles. The monoisotopic (exact) mass is 541 g/mol. The third kappa shape index (κ3) is 4.38. The van der Waals surface area contributed by atoms with Gasteiger partial charge in [-0.1, -0.05) is 0 Å². The molecule has 0 spiro atoms. The summed E-state index contributed by atoms with van der Waals surface area (Å²) in [6.07, 6.45) is 11.0. The van der Waals surface area contributed by atoms with Crippen molar-refractivity contribution >= 4 is 5.92 Å². The summed E-state index contributed by atoms with van der Waals surface area (Å²) in [7, 11) is 0. The molecule has 0 aromatic carbocycles. The minimum atomic E-state index is -1.72. The quantitative estimate of drug-likeness (QED) is 0.477. The predicted molar refractivity (Wildman–Crippen MR) is 123 cm³/mol. The van der Waals surface area contributed by atoms with Gasteiger partial charge in [0.25, 0.3) is 0 Å². The van der Waals surface area contributed by atoms with Crippen LogP contribution >= 0.6 is 0 Å². The molecule has 30 heavy (non-hydrogen) atoms. The van der Waals surface area contributed by atoms with E-state index >= 15 is 0 Å². The van der Waals surface area contributed by atoms with E-state index in [0.29, 0.717) is 0 Å². The number of allylic oxidation sites excluding steroid dienone is 8. The zero-order valence-corrected chi connectivity index (χ0v) is 25.4. The molecule has 6 unspecified atom stereocenters. The van der Waals surface area contributed by atoms with Crippen molar-refractivity contribution in [1.29, 1.82) is 0 Å². The van der Waals surface area contributed by atoms with Gasteiger partial charge >= 0.3 is 184 Å². The van der Waals surface area contributed by atoms with Gasteiger partial charge in [-0.05, 0) is 0 Å². The summed E-state index contributed by atoms with van der Waals surface area (Å²) < 4.78 is 1.85. The molecular weight excluding hydrogens is 503 g/mol. The van der Waals surface area contributed by atoms with Gasteiger partial charge in [0, 0.05) is 0 Å². The predicted octanol–water partition coefficient (Wildman–Crippen LogP) is 1.82. The molecule has 0 fully saturated rings. The molecule has 0 aromatic heterocycles. The van der Waals surface area contributed by atoms with Gasteiger partial charge in [-0.3, -0.25) is 0 Å². The fourth-order valence-corrected chi connectivity index (χ4v) is 31.2. The number of hydrogen-bond acceptors (Lipinski definition) is 0. The van der Waals surface area contributed by atoms with Crippen molar-refractivity contribution < 1.29 is 45.7 Å². The normalized spacial score (nSPS) is 35.4. The maximum absolute atomic E-state index is 2.72. The molecule has 0 aromatic rings. The Labute approximate surface area is 207 Å². The second-order valence-electron chi connectivity index (χ2n) is 10.9. The Balaban J connectivity index is 0.00000160. The molecular formula is C26H41Cl2SiZr. The van der Waals surface area contributed by atoms with Crippen LogP contribution in [0, 0.1) is 23.7 Å². The molecule has 4 rings (SSSR count). The van der Waals surface area contributed by atoms with E-state index in [1.54, 1.807) is 22.3 Å². The van der Waals surface area contributed by atoms with E-state index in [-0.39, 0.29) is 24.8 Å². The fourth-order valence-electron chi connectivity index (χ4n) is 6.98. The van der Waals surface area contributed by atoms with Gasteiger partial charge in [-0.15, -0.1) is 0 Å². The first-order valence-corrected chi connectivity index (χ1v) is 21.9. The molecule has 0 saturated carbocycles. The second kappa shape index (κ2) is 10.3. The fraction of sp³-hybridized carbons (Fsp3) is 0.692. The summed E-state index contributed by atoms with van der Waals surface area (Å²) >= 11 is -1.72. The molecule has 0 nitrogen and oxygen atoms in total. The van der Waals surface area contributed by atoms with E-state index in [1.807, 2.05) is 11.1 Å². The summed E-state index contributed by atoms with van der Waals surface area (Å²) in [6.45, 7) is 20.6. The maximum Gasteiger partial charge on any atom is -1.00 e. The van der Waals surface area contributed by atoms with Gasteiger partial charge in [-0.2, -0.15) is 0 Å². The van der Waals surface area contributed by atoms with Crippen molar-refractivity contribution in [2.45, 2.75) is 87.6 Å². The average Bonchev–Trinajstić information content (AvgIpc) is 3.15. The molecule has 4 aliphatic carbocycles. The molecule has 4 heteroatoms. The van der Waals surface area contributed by atoms with Gasteiger partial charge in [0.15, 0.2) is 0 Å². The van der Waals surface area contributed by atoms with Crippen LogP contribution in [0.5, 0.6) is 0 Å². The third-order valence-electron chi connectivity index (χ3n) is 8.49. The molecule has 0 heterocycles. The Bertz CT molecular complexity index is 729. The van der Waals surface area contributed by atoms with E-state index in [9.17, 15) is 0 Å². The van der Waals surface area contributed by atoms with Crippen LogP contribution in [0.2, 0.25) is 20.3 Å². The Morgan fingerprint density at radius 1 is 0.667 bits per heavy atom. The van der Waals surface area contributed by atoms with E-state index in [4.69, 9.17) is 0 Å². The van der Waals surface area contributed by atoms with Crippen molar-refractivity contribution in [3.63, 3.8) is 0 Å². The summed E-state index contributed by atoms with van der Waals surface area (Å²) in [6, 6.07) is 0. The molecule has 0 N–H and O–H groups in total. The van der Waals surface area contributed by atoms with Crippen LogP contribution in [-0.2, 0) is 20.9 Å². The van der Waals surface area contributed by atoms with Crippen LogP contribution in [-0.4, -0.2) is 5.92 Å². The van der Waals surface area contributed by atoms with Gasteiger partial charge < -0.3 is 24.8 Å². The van der Waals surface area contributed by atoms with Gasteiger partial charge in [0.2, 0.25) is 0 Å². The van der Waals surface area contributed by atoms with Crippen molar-refractivity contribution in [3.05, 3.63) is 45.6 Å². The SMILES string of the molecule is CC1=CC2=C(C(C)CCC2C)[CH]1[Zr+2]([CH]1C(C)=CC2=C1C(C)CCC2C)[SiH](C)C.[Cl-].[Cl-]. The third-order valence-corrected chi connectivity index (χ3v) is 30.6. The second-order valence-corrected chi connectivity index (χ2v) is 30.9. The van der Waals surface area contributed by atoms with Gasteiger partial charge in [0.1, 0.15) is 0 Å². The topological polar surface area (TPSA) is 0 Å². The van der Waals surface area contributed by atoms with E-state index in [2.05, 4.69) is 66.8 Å². The number of rotatable bonds is 3. The van der Waals surface area contributed by atoms with Crippen molar-refractivity contribution in [2.75, 3.05) is 0 Å². The molecule has 0 aliphatic heterocycles. The first-order chi connectivity index (χ1) is 13.2. The minimum Gasteiger partial charge on any atom is -1.00 e. The Hall–Kier alpha value is 0.640. The first kappa shape index (κ1) is 26.9. The van der Waals surface area contributed by atoms with Crippen LogP contribution in [0.4, 0.5) is 0 Å². The van der Waals surface area contributed by atoms with Gasteiger partial charge in [0.05, 0.1) is 0 Å². The molecule has 4 aliphatic rings. The maximum atomic E-state index is 2.72. The van der Waals surface area contributed by atoms with E-state index in [0.717, 1.165) is 30.9 Å². The Morgan fingerprint density at radius 2 is 1.00 bits per heavy atom. The van der Waals surface area contributed by atoms with Crippen LogP contribution < -0.4 is 24.8 Å². The van der Waals surface area contributed by atoms with Crippen LogP contribution in [0.1, 0.15) is 67.2 Å². The molecule has 0 amide bonds. The molecule has 0 radical (unpaired) electrons. The van der Waals surface area contributed by atoms with Crippen LogP contribution in [0.15, 0.2) is 45.6 Å². The molecule has 6 atom stereocenters. The van der Waals surface area contributed by atoms with Crippen molar-refractivity contribution in [3.8, 4) is 0 Å².